The van der Waals surface area contributed by atoms with Crippen LogP contribution in [-0.2, 0) is 11.2 Å². The number of aliphatic carboxylic acids is 1. The minimum Gasteiger partial charge on any atom is -0.480 e. The van der Waals surface area contributed by atoms with Gasteiger partial charge in [0.25, 0.3) is 0 Å². The third-order valence-electron chi connectivity index (χ3n) is 4.14. The van der Waals surface area contributed by atoms with Crippen LogP contribution in [-0.4, -0.2) is 39.6 Å². The number of likely N-dealkylation sites (tertiary alicyclic amines) is 1. The lowest BCUT2D eigenvalue weighted by molar-refractivity contribution is -0.151. The molecule has 1 saturated heterocycles. The van der Waals surface area contributed by atoms with Gasteiger partial charge in [-0.25, -0.2) is 0 Å². The number of nitrogens with zero attached hydrogens (tertiary/aromatic N) is 1. The third-order valence-corrected chi connectivity index (χ3v) is 4.14. The van der Waals surface area contributed by atoms with Gasteiger partial charge in [-0.2, -0.15) is 0 Å². The first-order chi connectivity index (χ1) is 8.52. The molecule has 0 aromatic carbocycles. The number of nitrogens with one attached hydrogen (secondary N) is 1. The number of aromatic nitrogens is 1. The number of H-pyrrole nitrogens is 1. The maximum atomic E-state index is 11.7. The van der Waals surface area contributed by atoms with Crippen LogP contribution in [0.25, 0.3) is 0 Å². The van der Waals surface area contributed by atoms with Crippen LogP contribution in [0.5, 0.6) is 0 Å². The number of hydrogen-bond acceptors (Lipinski definition) is 2. The maximum Gasteiger partial charge on any atom is 0.324 e. The number of aromatic amines is 1. The Morgan fingerprint density at radius 2 is 2.22 bits per heavy atom. The lowest BCUT2D eigenvalue weighted by Gasteiger charge is -2.41. The SMILES string of the molecule is CC1CCN(C(C)(Cc2ccc[nH]2)C(=O)O)CC1. The molecule has 1 aromatic rings. The molecule has 2 heterocycles. The molecule has 0 aliphatic carbocycles. The lowest BCUT2D eigenvalue weighted by Crippen LogP contribution is -2.56. The molecule has 4 nitrogen and oxygen atoms in total. The van der Waals surface area contributed by atoms with Crippen LogP contribution in [0, 0.1) is 5.92 Å². The predicted octanol–water partition coefficient (Wildman–Crippen LogP) is 2.13. The highest BCUT2D eigenvalue weighted by Gasteiger charge is 2.40. The quantitative estimate of drug-likeness (QED) is 0.860. The highest BCUT2D eigenvalue weighted by atomic mass is 16.4. The zero-order valence-electron chi connectivity index (χ0n) is 11.1. The zero-order chi connectivity index (χ0) is 13.2. The van der Waals surface area contributed by atoms with Gasteiger partial charge in [-0.15, -0.1) is 0 Å². The summed E-state index contributed by atoms with van der Waals surface area (Å²) in [5, 5.41) is 9.59. The van der Waals surface area contributed by atoms with Crippen LogP contribution in [0.15, 0.2) is 18.3 Å². The molecule has 0 radical (unpaired) electrons. The molecular formula is C14H22N2O2. The van der Waals surface area contributed by atoms with Gasteiger partial charge in [0.05, 0.1) is 0 Å². The first kappa shape index (κ1) is 13.1. The second-order valence-electron chi connectivity index (χ2n) is 5.62. The first-order valence-corrected chi connectivity index (χ1v) is 6.63. The van der Waals surface area contributed by atoms with Crippen LogP contribution in [0.3, 0.4) is 0 Å². The number of rotatable bonds is 4. The normalized spacial score (nSPS) is 21.7. The van der Waals surface area contributed by atoms with Gasteiger partial charge in [0.15, 0.2) is 0 Å². The van der Waals surface area contributed by atoms with E-state index in [4.69, 9.17) is 0 Å². The van der Waals surface area contributed by atoms with Crippen molar-refractivity contribution >= 4 is 5.97 Å². The average Bonchev–Trinajstić information content (AvgIpc) is 2.82. The van der Waals surface area contributed by atoms with Gasteiger partial charge in [0.2, 0.25) is 0 Å². The minimum absolute atomic E-state index is 0.531. The second kappa shape index (κ2) is 5.14. The Bertz CT molecular complexity index is 394. The van der Waals surface area contributed by atoms with E-state index in [9.17, 15) is 9.90 Å². The molecule has 0 saturated carbocycles. The smallest absolute Gasteiger partial charge is 0.324 e. The zero-order valence-corrected chi connectivity index (χ0v) is 11.1. The van der Waals surface area contributed by atoms with E-state index in [2.05, 4.69) is 16.8 Å². The lowest BCUT2D eigenvalue weighted by atomic mass is 9.89. The molecule has 2 rings (SSSR count). The Morgan fingerprint density at radius 3 is 2.72 bits per heavy atom. The van der Waals surface area contributed by atoms with Crippen molar-refractivity contribution in [3.8, 4) is 0 Å². The van der Waals surface area contributed by atoms with Crippen molar-refractivity contribution in [2.45, 2.75) is 38.6 Å². The summed E-state index contributed by atoms with van der Waals surface area (Å²) in [7, 11) is 0. The van der Waals surface area contributed by atoms with Crippen molar-refractivity contribution < 1.29 is 9.90 Å². The van der Waals surface area contributed by atoms with E-state index in [1.165, 1.54) is 0 Å². The molecule has 18 heavy (non-hydrogen) atoms. The molecule has 100 valence electrons. The number of carboxylic acids is 1. The van der Waals surface area contributed by atoms with E-state index in [0.717, 1.165) is 31.6 Å². The maximum absolute atomic E-state index is 11.7. The largest absolute Gasteiger partial charge is 0.480 e. The Kier molecular flexibility index (Phi) is 3.76. The van der Waals surface area contributed by atoms with Gasteiger partial charge >= 0.3 is 5.97 Å². The fourth-order valence-corrected chi connectivity index (χ4v) is 2.67. The van der Waals surface area contributed by atoms with Gasteiger partial charge in [-0.1, -0.05) is 6.92 Å². The summed E-state index contributed by atoms with van der Waals surface area (Å²) in [6, 6.07) is 3.86. The Morgan fingerprint density at radius 1 is 1.56 bits per heavy atom. The summed E-state index contributed by atoms with van der Waals surface area (Å²) in [6.07, 6.45) is 4.56. The average molecular weight is 250 g/mol. The Labute approximate surface area is 108 Å². The molecule has 0 amide bonds. The second-order valence-corrected chi connectivity index (χ2v) is 5.62. The van der Waals surface area contributed by atoms with E-state index >= 15 is 0 Å². The van der Waals surface area contributed by atoms with E-state index in [1.54, 1.807) is 0 Å². The van der Waals surface area contributed by atoms with Crippen LogP contribution < -0.4 is 0 Å². The van der Waals surface area contributed by atoms with E-state index in [1.807, 2.05) is 25.3 Å². The fraction of sp³-hybridized carbons (Fsp3) is 0.643. The summed E-state index contributed by atoms with van der Waals surface area (Å²) in [4.78, 5) is 16.9. The van der Waals surface area contributed by atoms with E-state index in [0.29, 0.717) is 12.3 Å². The predicted molar refractivity (Wildman–Crippen MR) is 70.5 cm³/mol. The summed E-state index contributed by atoms with van der Waals surface area (Å²) >= 11 is 0. The highest BCUT2D eigenvalue weighted by Crippen LogP contribution is 2.27. The summed E-state index contributed by atoms with van der Waals surface area (Å²) in [5.41, 5.74) is 0.184. The molecule has 0 bridgehead atoms. The summed E-state index contributed by atoms with van der Waals surface area (Å²) in [6.45, 7) is 5.84. The Balaban J connectivity index is 2.13. The molecule has 0 spiro atoms. The summed E-state index contributed by atoms with van der Waals surface area (Å²) < 4.78 is 0. The van der Waals surface area contributed by atoms with Gasteiger partial charge in [0.1, 0.15) is 5.54 Å². The van der Waals surface area contributed by atoms with Crippen LogP contribution >= 0.6 is 0 Å². The van der Waals surface area contributed by atoms with Crippen LogP contribution in [0.2, 0.25) is 0 Å². The van der Waals surface area contributed by atoms with Crippen molar-refractivity contribution in [2.24, 2.45) is 5.92 Å². The molecule has 1 atom stereocenters. The third kappa shape index (κ3) is 2.58. The number of hydrogen-bond donors (Lipinski definition) is 2. The van der Waals surface area contributed by atoms with Gasteiger partial charge in [-0.3, -0.25) is 9.69 Å². The topological polar surface area (TPSA) is 56.3 Å². The standard InChI is InChI=1S/C14H22N2O2/c1-11-5-8-16(9-6-11)14(2,13(17)18)10-12-4-3-7-15-12/h3-4,7,11,15H,5-6,8-10H2,1-2H3,(H,17,18). The number of piperidine rings is 1. The monoisotopic (exact) mass is 250 g/mol. The van der Waals surface area contributed by atoms with Gasteiger partial charge < -0.3 is 10.1 Å². The number of carboxylic acid groups (broad SMARTS) is 1. The fourth-order valence-electron chi connectivity index (χ4n) is 2.67. The summed E-state index contributed by atoms with van der Waals surface area (Å²) in [5.74, 6) is -0.0172. The molecule has 1 aliphatic rings. The molecule has 1 fully saturated rings. The molecule has 1 unspecified atom stereocenters. The Hall–Kier alpha value is -1.29. The van der Waals surface area contributed by atoms with E-state index < -0.39 is 11.5 Å². The first-order valence-electron chi connectivity index (χ1n) is 6.63. The number of carbonyl (C=O) groups is 1. The van der Waals surface area contributed by atoms with Crippen molar-refractivity contribution in [3.05, 3.63) is 24.0 Å². The highest BCUT2D eigenvalue weighted by molar-refractivity contribution is 5.78. The molecule has 1 aliphatic heterocycles. The van der Waals surface area contributed by atoms with Crippen molar-refractivity contribution in [2.75, 3.05) is 13.1 Å². The molecule has 4 heteroatoms. The van der Waals surface area contributed by atoms with Crippen LogP contribution in [0.1, 0.15) is 32.4 Å². The van der Waals surface area contributed by atoms with Crippen molar-refractivity contribution in [1.29, 1.82) is 0 Å². The van der Waals surface area contributed by atoms with Crippen molar-refractivity contribution in [1.82, 2.24) is 9.88 Å². The molecular weight excluding hydrogens is 228 g/mol. The van der Waals surface area contributed by atoms with Crippen LogP contribution in [0.4, 0.5) is 0 Å². The van der Waals surface area contributed by atoms with E-state index in [-0.39, 0.29) is 0 Å². The molecule has 2 N–H and O–H groups in total. The van der Waals surface area contributed by atoms with Crippen molar-refractivity contribution in [3.63, 3.8) is 0 Å². The van der Waals surface area contributed by atoms with Gasteiger partial charge in [-0.05, 0) is 50.9 Å². The van der Waals surface area contributed by atoms with Gasteiger partial charge in [0, 0.05) is 18.3 Å². The minimum atomic E-state index is -0.801. The molecule has 1 aromatic heterocycles.